The summed E-state index contributed by atoms with van der Waals surface area (Å²) in [5, 5.41) is 4.50. The molecule has 0 saturated carbocycles. The molecule has 0 saturated heterocycles. The molecule has 0 aliphatic carbocycles. The zero-order valence-electron chi connectivity index (χ0n) is 21.4. The van der Waals surface area contributed by atoms with Gasteiger partial charge in [-0.15, -0.1) is 0 Å². The van der Waals surface area contributed by atoms with Gasteiger partial charge in [0.1, 0.15) is 12.6 Å². The summed E-state index contributed by atoms with van der Waals surface area (Å²) in [6, 6.07) is 19.9. The van der Waals surface area contributed by atoms with Gasteiger partial charge in [0.15, 0.2) is 0 Å². The number of hydrogen-bond donors (Lipinski definition) is 1. The number of hydrogen-bond acceptors (Lipinski definition) is 4. The second kappa shape index (κ2) is 12.0. The van der Waals surface area contributed by atoms with Gasteiger partial charge in [0.05, 0.1) is 11.9 Å². The first-order valence-electron chi connectivity index (χ1n) is 12.2. The normalized spacial score (nSPS) is 12.2. The molecule has 0 aromatic heterocycles. The third-order valence-corrected chi connectivity index (χ3v) is 7.21. The molecular weight excluding hydrogens is 474 g/mol. The maximum Gasteiger partial charge on any atom is 0.244 e. The van der Waals surface area contributed by atoms with Crippen LogP contribution in [0.15, 0.2) is 66.7 Å². The number of amides is 2. The first kappa shape index (κ1) is 27.2. The fourth-order valence-electron chi connectivity index (χ4n) is 4.31. The van der Waals surface area contributed by atoms with E-state index in [1.54, 1.807) is 12.1 Å². The van der Waals surface area contributed by atoms with Gasteiger partial charge < -0.3 is 10.2 Å². The molecule has 0 aliphatic heterocycles. The Bertz CT molecular complexity index is 1320. The molecule has 0 fully saturated rings. The lowest BCUT2D eigenvalue weighted by Crippen LogP contribution is -2.52. The van der Waals surface area contributed by atoms with E-state index in [0.29, 0.717) is 18.7 Å². The van der Waals surface area contributed by atoms with Gasteiger partial charge in [-0.05, 0) is 36.8 Å². The van der Waals surface area contributed by atoms with Crippen LogP contribution in [0.5, 0.6) is 0 Å². The third-order valence-electron chi connectivity index (χ3n) is 6.09. The minimum Gasteiger partial charge on any atom is -0.354 e. The van der Waals surface area contributed by atoms with E-state index in [-0.39, 0.29) is 12.5 Å². The van der Waals surface area contributed by atoms with Crippen LogP contribution in [0.2, 0.25) is 0 Å². The van der Waals surface area contributed by atoms with E-state index in [0.717, 1.165) is 38.9 Å². The average Bonchev–Trinajstić information content (AvgIpc) is 2.84. The van der Waals surface area contributed by atoms with Crippen LogP contribution in [-0.4, -0.2) is 50.5 Å². The molecule has 1 unspecified atom stereocenters. The molecule has 3 aromatic rings. The molecular formula is C28H35N3O4S. The average molecular weight is 510 g/mol. The van der Waals surface area contributed by atoms with Crippen LogP contribution >= 0.6 is 0 Å². The number of anilines is 1. The van der Waals surface area contributed by atoms with Gasteiger partial charge in [-0.25, -0.2) is 8.42 Å². The molecule has 8 heteroatoms. The highest BCUT2D eigenvalue weighted by molar-refractivity contribution is 7.92. The standard InChI is InChI=1S/C28H35N3O4S/c1-5-17-29-28(33)25(6-2)30(19-22-12-9-11-21(3)18-22)27(32)20-31(36(4,34)35)26-16-10-14-23-13-7-8-15-24(23)26/h7-16,18,25H,5-6,17,19-20H2,1-4H3,(H,29,33). The molecule has 1 atom stereocenters. The van der Waals surface area contributed by atoms with E-state index in [1.807, 2.05) is 75.4 Å². The lowest BCUT2D eigenvalue weighted by molar-refractivity contribution is -0.140. The summed E-state index contributed by atoms with van der Waals surface area (Å²) in [4.78, 5) is 28.3. The number of nitrogens with one attached hydrogen (secondary N) is 1. The maximum atomic E-state index is 13.8. The Balaban J connectivity index is 2.01. The van der Waals surface area contributed by atoms with Crippen molar-refractivity contribution in [3.05, 3.63) is 77.9 Å². The fraction of sp³-hybridized carbons (Fsp3) is 0.357. The number of fused-ring (bicyclic) bond motifs is 1. The SMILES string of the molecule is CCCNC(=O)C(CC)N(Cc1cccc(C)c1)C(=O)CN(c1cccc2ccccc12)S(C)(=O)=O. The van der Waals surface area contributed by atoms with Crippen molar-refractivity contribution in [3.63, 3.8) is 0 Å². The number of sulfonamides is 1. The van der Waals surface area contributed by atoms with E-state index in [1.165, 1.54) is 4.90 Å². The third kappa shape index (κ3) is 6.63. The number of nitrogens with zero attached hydrogens (tertiary/aromatic N) is 2. The monoisotopic (exact) mass is 509 g/mol. The highest BCUT2D eigenvalue weighted by Crippen LogP contribution is 2.29. The van der Waals surface area contributed by atoms with E-state index >= 15 is 0 Å². The fourth-order valence-corrected chi connectivity index (χ4v) is 5.17. The van der Waals surface area contributed by atoms with Crippen LogP contribution < -0.4 is 9.62 Å². The molecule has 0 bridgehead atoms. The second-order valence-electron chi connectivity index (χ2n) is 8.99. The zero-order chi connectivity index (χ0) is 26.3. The smallest absolute Gasteiger partial charge is 0.244 e. The minimum absolute atomic E-state index is 0.200. The summed E-state index contributed by atoms with van der Waals surface area (Å²) in [6.07, 6.45) is 2.27. The largest absolute Gasteiger partial charge is 0.354 e. The van der Waals surface area contributed by atoms with Gasteiger partial charge in [-0.2, -0.15) is 0 Å². The molecule has 1 N–H and O–H groups in total. The maximum absolute atomic E-state index is 13.8. The van der Waals surface area contributed by atoms with Gasteiger partial charge >= 0.3 is 0 Å². The Hall–Kier alpha value is -3.39. The van der Waals surface area contributed by atoms with Crippen LogP contribution in [0.25, 0.3) is 10.8 Å². The Morgan fingerprint density at radius 3 is 2.33 bits per heavy atom. The Morgan fingerprint density at radius 1 is 0.972 bits per heavy atom. The Morgan fingerprint density at radius 2 is 1.67 bits per heavy atom. The molecule has 0 radical (unpaired) electrons. The van der Waals surface area contributed by atoms with Gasteiger partial charge in [0, 0.05) is 18.5 Å². The van der Waals surface area contributed by atoms with E-state index in [4.69, 9.17) is 0 Å². The zero-order valence-corrected chi connectivity index (χ0v) is 22.2. The number of carbonyl (C=O) groups excluding carboxylic acids is 2. The van der Waals surface area contributed by atoms with Crippen LogP contribution in [0.4, 0.5) is 5.69 Å². The predicted molar refractivity (Wildman–Crippen MR) is 145 cm³/mol. The van der Waals surface area contributed by atoms with E-state index in [9.17, 15) is 18.0 Å². The molecule has 0 aliphatic rings. The molecule has 0 heterocycles. The van der Waals surface area contributed by atoms with Crippen molar-refractivity contribution >= 4 is 38.3 Å². The molecule has 2 amide bonds. The van der Waals surface area contributed by atoms with Gasteiger partial charge in [-0.3, -0.25) is 13.9 Å². The van der Waals surface area contributed by atoms with Crippen LogP contribution in [0.1, 0.15) is 37.8 Å². The summed E-state index contributed by atoms with van der Waals surface area (Å²) in [6.45, 7) is 6.08. The molecule has 7 nitrogen and oxygen atoms in total. The Labute approximate surface area is 214 Å². The summed E-state index contributed by atoms with van der Waals surface area (Å²) in [7, 11) is -3.80. The highest BCUT2D eigenvalue weighted by atomic mass is 32.2. The molecule has 192 valence electrons. The first-order chi connectivity index (χ1) is 17.2. The second-order valence-corrected chi connectivity index (χ2v) is 10.9. The van der Waals surface area contributed by atoms with Crippen molar-refractivity contribution in [1.82, 2.24) is 10.2 Å². The van der Waals surface area contributed by atoms with Crippen LogP contribution in [0, 0.1) is 6.92 Å². The molecule has 0 spiro atoms. The van der Waals surface area contributed by atoms with E-state index in [2.05, 4.69) is 5.32 Å². The summed E-state index contributed by atoms with van der Waals surface area (Å²) < 4.78 is 27.0. The van der Waals surface area contributed by atoms with Crippen molar-refractivity contribution in [3.8, 4) is 0 Å². The first-order valence-corrected chi connectivity index (χ1v) is 14.1. The summed E-state index contributed by atoms with van der Waals surface area (Å²) >= 11 is 0. The van der Waals surface area contributed by atoms with Crippen LogP contribution in [0.3, 0.4) is 0 Å². The van der Waals surface area contributed by atoms with Crippen molar-refractivity contribution in [2.45, 2.75) is 46.2 Å². The number of benzene rings is 3. The topological polar surface area (TPSA) is 86.8 Å². The number of aryl methyl sites for hydroxylation is 1. The van der Waals surface area contributed by atoms with Crippen molar-refractivity contribution < 1.29 is 18.0 Å². The summed E-state index contributed by atoms with van der Waals surface area (Å²) in [5.41, 5.74) is 2.35. The quantitative estimate of drug-likeness (QED) is 0.419. The Kier molecular flexibility index (Phi) is 9.09. The van der Waals surface area contributed by atoms with Gasteiger partial charge in [-0.1, -0.05) is 80.1 Å². The number of carbonyl (C=O) groups is 2. The summed E-state index contributed by atoms with van der Waals surface area (Å²) in [5.74, 6) is -0.676. The van der Waals surface area contributed by atoms with Crippen molar-refractivity contribution in [2.24, 2.45) is 0 Å². The lowest BCUT2D eigenvalue weighted by atomic mass is 10.1. The van der Waals surface area contributed by atoms with Gasteiger partial charge in [0.25, 0.3) is 0 Å². The molecule has 3 rings (SSSR count). The highest BCUT2D eigenvalue weighted by Gasteiger charge is 2.32. The molecule has 36 heavy (non-hydrogen) atoms. The van der Waals surface area contributed by atoms with Crippen molar-refractivity contribution in [2.75, 3.05) is 23.7 Å². The minimum atomic E-state index is -3.80. The van der Waals surface area contributed by atoms with Crippen molar-refractivity contribution in [1.29, 1.82) is 0 Å². The van der Waals surface area contributed by atoms with Crippen LogP contribution in [-0.2, 0) is 26.2 Å². The number of rotatable bonds is 11. The van der Waals surface area contributed by atoms with Gasteiger partial charge in [0.2, 0.25) is 21.8 Å². The lowest BCUT2D eigenvalue weighted by Gasteiger charge is -2.33. The molecule has 3 aromatic carbocycles. The van der Waals surface area contributed by atoms with E-state index < -0.39 is 28.5 Å². The predicted octanol–water partition coefficient (Wildman–Crippen LogP) is 4.25.